The first-order valence-corrected chi connectivity index (χ1v) is 11.4. The summed E-state index contributed by atoms with van der Waals surface area (Å²) in [5.41, 5.74) is 0.905. The van der Waals surface area contributed by atoms with Gasteiger partial charge in [-0.3, -0.25) is 9.59 Å². The van der Waals surface area contributed by atoms with Crippen molar-refractivity contribution in [3.63, 3.8) is 0 Å². The van der Waals surface area contributed by atoms with Crippen LogP contribution in [0.3, 0.4) is 0 Å². The minimum absolute atomic E-state index is 0.0642. The maximum atomic E-state index is 13.1. The predicted octanol–water partition coefficient (Wildman–Crippen LogP) is 4.98. The average Bonchev–Trinajstić information content (AvgIpc) is 3.28. The topological polar surface area (TPSA) is 58.6 Å². The van der Waals surface area contributed by atoms with E-state index >= 15 is 0 Å². The fraction of sp³-hybridized carbons (Fsp3) is 0.440. The maximum Gasteiger partial charge on any atom is 0.242 e. The Labute approximate surface area is 189 Å². The number of hydrogen-bond acceptors (Lipinski definition) is 3. The summed E-state index contributed by atoms with van der Waals surface area (Å²) in [5.74, 6) is 0.628. The molecule has 0 radical (unpaired) electrons. The summed E-state index contributed by atoms with van der Waals surface area (Å²) in [5, 5.41) is 3.73. The van der Waals surface area contributed by atoms with E-state index in [2.05, 4.69) is 5.32 Å². The molecule has 3 rings (SSSR count). The van der Waals surface area contributed by atoms with Crippen molar-refractivity contribution in [3.05, 3.63) is 65.2 Å². The van der Waals surface area contributed by atoms with E-state index in [9.17, 15) is 9.59 Å². The van der Waals surface area contributed by atoms with E-state index in [1.54, 1.807) is 17.9 Å². The Balaban J connectivity index is 1.60. The van der Waals surface area contributed by atoms with Crippen LogP contribution in [0.5, 0.6) is 5.75 Å². The molecule has 0 aromatic heterocycles. The standard InChI is InChI=1S/C25H31ClN2O3/c1-19(25(30)27-22-11-5-6-12-22)28(18-20-9-7-10-21(26)17-20)24(29)15-8-16-31-23-13-3-2-4-14-23/h2-4,7,9-10,13-14,17,19,22H,5-6,8,11-12,15-16,18H2,1H3,(H,27,30)/t19-/m0/s1. The molecule has 2 aromatic carbocycles. The van der Waals surface area contributed by atoms with Crippen LogP contribution in [0.25, 0.3) is 0 Å². The maximum absolute atomic E-state index is 13.1. The van der Waals surface area contributed by atoms with Crippen molar-refractivity contribution in [2.45, 2.75) is 64.1 Å². The van der Waals surface area contributed by atoms with Gasteiger partial charge < -0.3 is 15.0 Å². The molecule has 2 amide bonds. The summed E-state index contributed by atoms with van der Waals surface area (Å²) in [4.78, 5) is 27.6. The third-order valence-corrected chi connectivity index (χ3v) is 5.89. The Kier molecular flexibility index (Phi) is 8.77. The molecule has 1 fully saturated rings. The van der Waals surface area contributed by atoms with Gasteiger partial charge in [-0.2, -0.15) is 0 Å². The molecule has 0 spiro atoms. The smallest absolute Gasteiger partial charge is 0.242 e. The zero-order valence-electron chi connectivity index (χ0n) is 18.1. The molecule has 166 valence electrons. The molecule has 1 aliphatic carbocycles. The summed E-state index contributed by atoms with van der Waals surface area (Å²) in [7, 11) is 0. The van der Waals surface area contributed by atoms with Gasteiger partial charge in [0.2, 0.25) is 11.8 Å². The number of amides is 2. The summed E-state index contributed by atoms with van der Waals surface area (Å²) in [6.45, 7) is 2.59. The second-order valence-electron chi connectivity index (χ2n) is 8.08. The van der Waals surface area contributed by atoms with Crippen LogP contribution in [0.4, 0.5) is 0 Å². The van der Waals surface area contributed by atoms with E-state index in [-0.39, 0.29) is 17.9 Å². The lowest BCUT2D eigenvalue weighted by molar-refractivity contribution is -0.141. The highest BCUT2D eigenvalue weighted by Crippen LogP contribution is 2.19. The number of rotatable bonds is 10. The summed E-state index contributed by atoms with van der Waals surface area (Å²) in [6.07, 6.45) is 5.21. The molecule has 1 N–H and O–H groups in total. The molecule has 1 atom stereocenters. The van der Waals surface area contributed by atoms with Crippen molar-refractivity contribution in [1.29, 1.82) is 0 Å². The van der Waals surface area contributed by atoms with Crippen LogP contribution in [0.1, 0.15) is 51.0 Å². The fourth-order valence-electron chi connectivity index (χ4n) is 3.88. The van der Waals surface area contributed by atoms with Crippen molar-refractivity contribution >= 4 is 23.4 Å². The van der Waals surface area contributed by atoms with Gasteiger partial charge in [-0.1, -0.05) is 54.8 Å². The van der Waals surface area contributed by atoms with Crippen LogP contribution in [0.2, 0.25) is 5.02 Å². The highest BCUT2D eigenvalue weighted by Gasteiger charge is 2.28. The highest BCUT2D eigenvalue weighted by molar-refractivity contribution is 6.30. The highest BCUT2D eigenvalue weighted by atomic mass is 35.5. The molecule has 0 bridgehead atoms. The number of para-hydroxylation sites is 1. The zero-order valence-corrected chi connectivity index (χ0v) is 18.8. The summed E-state index contributed by atoms with van der Waals surface area (Å²) < 4.78 is 5.70. The van der Waals surface area contributed by atoms with Gasteiger partial charge in [0.15, 0.2) is 0 Å². The molecule has 0 unspecified atom stereocenters. The Hall–Kier alpha value is -2.53. The average molecular weight is 443 g/mol. The van der Waals surface area contributed by atoms with Gasteiger partial charge in [-0.25, -0.2) is 0 Å². The first-order chi connectivity index (χ1) is 15.0. The van der Waals surface area contributed by atoms with Gasteiger partial charge in [-0.15, -0.1) is 0 Å². The van der Waals surface area contributed by atoms with Gasteiger partial charge in [0.1, 0.15) is 11.8 Å². The molecule has 31 heavy (non-hydrogen) atoms. The van der Waals surface area contributed by atoms with Gasteiger partial charge in [-0.05, 0) is 56.0 Å². The first-order valence-electron chi connectivity index (χ1n) is 11.0. The van der Waals surface area contributed by atoms with E-state index in [1.807, 2.05) is 48.5 Å². The summed E-state index contributed by atoms with van der Waals surface area (Å²) in [6, 6.07) is 16.6. The molecule has 1 aliphatic rings. The lowest BCUT2D eigenvalue weighted by atomic mass is 10.1. The van der Waals surface area contributed by atoms with Gasteiger partial charge in [0.05, 0.1) is 6.61 Å². The lowest BCUT2D eigenvalue weighted by Gasteiger charge is -2.30. The van der Waals surface area contributed by atoms with Crippen molar-refractivity contribution in [2.75, 3.05) is 6.61 Å². The number of halogens is 1. The Morgan fingerprint density at radius 1 is 1.13 bits per heavy atom. The van der Waals surface area contributed by atoms with Crippen molar-refractivity contribution < 1.29 is 14.3 Å². The molecule has 0 saturated heterocycles. The predicted molar refractivity (Wildman–Crippen MR) is 123 cm³/mol. The third-order valence-electron chi connectivity index (χ3n) is 5.66. The largest absolute Gasteiger partial charge is 0.494 e. The van der Waals surface area contributed by atoms with Crippen LogP contribution < -0.4 is 10.1 Å². The molecular weight excluding hydrogens is 412 g/mol. The van der Waals surface area contributed by atoms with Crippen molar-refractivity contribution in [1.82, 2.24) is 10.2 Å². The number of carbonyl (C=O) groups is 2. The van der Waals surface area contributed by atoms with Gasteiger partial charge >= 0.3 is 0 Å². The number of hydrogen-bond donors (Lipinski definition) is 1. The second kappa shape index (κ2) is 11.8. The molecule has 6 heteroatoms. The van der Waals surface area contributed by atoms with Crippen LogP contribution in [0.15, 0.2) is 54.6 Å². The van der Waals surface area contributed by atoms with Crippen molar-refractivity contribution in [3.8, 4) is 5.75 Å². The van der Waals surface area contributed by atoms with E-state index in [0.717, 1.165) is 37.0 Å². The first kappa shape index (κ1) is 23.1. The van der Waals surface area contributed by atoms with Gasteiger partial charge in [0.25, 0.3) is 0 Å². The Morgan fingerprint density at radius 3 is 2.58 bits per heavy atom. The third kappa shape index (κ3) is 7.28. The lowest BCUT2D eigenvalue weighted by Crippen LogP contribution is -2.49. The van der Waals surface area contributed by atoms with Crippen LogP contribution in [-0.4, -0.2) is 35.4 Å². The van der Waals surface area contributed by atoms with Gasteiger partial charge in [0, 0.05) is 24.0 Å². The molecular formula is C25H31ClN2O3. The second-order valence-corrected chi connectivity index (χ2v) is 8.52. The summed E-state index contributed by atoms with van der Waals surface area (Å²) >= 11 is 6.12. The van der Waals surface area contributed by atoms with Crippen LogP contribution >= 0.6 is 11.6 Å². The molecule has 5 nitrogen and oxygen atoms in total. The minimum Gasteiger partial charge on any atom is -0.494 e. The van der Waals surface area contributed by atoms with E-state index in [1.165, 1.54) is 0 Å². The zero-order chi connectivity index (χ0) is 22.1. The Bertz CT molecular complexity index is 853. The molecule has 1 saturated carbocycles. The van der Waals surface area contributed by atoms with E-state index in [4.69, 9.17) is 16.3 Å². The molecule has 0 heterocycles. The van der Waals surface area contributed by atoms with Crippen LogP contribution in [-0.2, 0) is 16.1 Å². The molecule has 2 aromatic rings. The number of ether oxygens (including phenoxy) is 1. The SMILES string of the molecule is C[C@@H](C(=O)NC1CCCC1)N(Cc1cccc(Cl)c1)C(=O)CCCOc1ccccc1. The number of carbonyl (C=O) groups excluding carboxylic acids is 2. The quantitative estimate of drug-likeness (QED) is 0.528. The monoisotopic (exact) mass is 442 g/mol. The van der Waals surface area contributed by atoms with E-state index < -0.39 is 6.04 Å². The number of benzene rings is 2. The van der Waals surface area contributed by atoms with Crippen molar-refractivity contribution in [2.24, 2.45) is 0 Å². The Morgan fingerprint density at radius 2 is 1.87 bits per heavy atom. The minimum atomic E-state index is -0.554. The number of nitrogens with one attached hydrogen (secondary N) is 1. The number of nitrogens with zero attached hydrogens (tertiary/aromatic N) is 1. The van der Waals surface area contributed by atoms with E-state index in [0.29, 0.717) is 31.0 Å². The fourth-order valence-corrected chi connectivity index (χ4v) is 4.09. The molecule has 0 aliphatic heterocycles. The normalized spacial score (nSPS) is 14.8. The van der Waals surface area contributed by atoms with Crippen LogP contribution in [0, 0.1) is 0 Å².